The van der Waals surface area contributed by atoms with Crippen LogP contribution >= 0.6 is 0 Å². The Morgan fingerprint density at radius 2 is 1.57 bits per heavy atom. The number of carbonyl (C=O) groups excluding carboxylic acids is 1. The molecule has 0 aliphatic carbocycles. The van der Waals surface area contributed by atoms with Crippen LogP contribution in [0.3, 0.4) is 0 Å². The molecular formula is C19H21NO3. The summed E-state index contributed by atoms with van der Waals surface area (Å²) in [6, 6.07) is 13.9. The van der Waals surface area contributed by atoms with Crippen molar-refractivity contribution >= 4 is 16.7 Å². The molecule has 2 saturated heterocycles. The molecule has 2 aromatic rings. The third kappa shape index (κ3) is 2.96. The lowest BCUT2D eigenvalue weighted by Gasteiger charge is -2.27. The fourth-order valence-electron chi connectivity index (χ4n) is 3.02. The highest BCUT2D eigenvalue weighted by Gasteiger charge is 2.47. The van der Waals surface area contributed by atoms with Gasteiger partial charge in [-0.3, -0.25) is 4.79 Å². The molecule has 2 aromatic carbocycles. The van der Waals surface area contributed by atoms with Crippen LogP contribution < -0.4 is 0 Å². The summed E-state index contributed by atoms with van der Waals surface area (Å²) in [5.74, 6) is 0.0512. The zero-order valence-electron chi connectivity index (χ0n) is 13.5. The van der Waals surface area contributed by atoms with Crippen LogP contribution in [-0.4, -0.2) is 48.3 Å². The SMILES string of the molecule is CC1(CN(CC2(C)CO2)C(=O)c2cccc3ccccc23)CO1. The average Bonchev–Trinajstić information content (AvgIpc) is 3.46. The quantitative estimate of drug-likeness (QED) is 0.798. The Kier molecular flexibility index (Phi) is 3.22. The number of carbonyl (C=O) groups is 1. The molecule has 1 amide bonds. The maximum absolute atomic E-state index is 13.2. The van der Waals surface area contributed by atoms with E-state index in [9.17, 15) is 4.79 Å². The number of epoxide rings is 2. The number of benzene rings is 2. The molecule has 2 fully saturated rings. The van der Waals surface area contributed by atoms with Crippen molar-refractivity contribution in [3.05, 3.63) is 48.0 Å². The number of ether oxygens (including phenoxy) is 2. The molecule has 0 spiro atoms. The van der Waals surface area contributed by atoms with Crippen LogP contribution in [0.15, 0.2) is 42.5 Å². The van der Waals surface area contributed by atoms with E-state index in [-0.39, 0.29) is 17.1 Å². The first-order chi connectivity index (χ1) is 11.0. The minimum atomic E-state index is -0.203. The maximum atomic E-state index is 13.2. The average molecular weight is 311 g/mol. The van der Waals surface area contributed by atoms with Gasteiger partial charge in [0.2, 0.25) is 0 Å². The summed E-state index contributed by atoms with van der Waals surface area (Å²) < 4.78 is 11.0. The third-order valence-corrected chi connectivity index (χ3v) is 4.63. The predicted molar refractivity (Wildman–Crippen MR) is 88.6 cm³/mol. The van der Waals surface area contributed by atoms with Gasteiger partial charge < -0.3 is 14.4 Å². The topological polar surface area (TPSA) is 45.4 Å². The van der Waals surface area contributed by atoms with Gasteiger partial charge >= 0.3 is 0 Å². The van der Waals surface area contributed by atoms with E-state index in [4.69, 9.17) is 9.47 Å². The molecule has 0 bridgehead atoms. The van der Waals surface area contributed by atoms with Gasteiger partial charge in [-0.15, -0.1) is 0 Å². The van der Waals surface area contributed by atoms with Crippen LogP contribution in [0.25, 0.3) is 10.8 Å². The normalized spacial score (nSPS) is 28.6. The number of hydrogen-bond donors (Lipinski definition) is 0. The van der Waals surface area contributed by atoms with E-state index in [0.29, 0.717) is 26.3 Å². The number of amides is 1. The van der Waals surface area contributed by atoms with Gasteiger partial charge in [-0.05, 0) is 30.7 Å². The first-order valence-corrected chi connectivity index (χ1v) is 8.03. The second-order valence-corrected chi connectivity index (χ2v) is 7.17. The van der Waals surface area contributed by atoms with Crippen LogP contribution in [0.5, 0.6) is 0 Å². The molecule has 0 saturated carbocycles. The van der Waals surface area contributed by atoms with Crippen molar-refractivity contribution in [2.75, 3.05) is 26.3 Å². The molecule has 2 aliphatic rings. The molecule has 2 heterocycles. The molecule has 120 valence electrons. The summed E-state index contributed by atoms with van der Waals surface area (Å²) in [6.45, 7) is 6.73. The molecule has 2 aliphatic heterocycles. The van der Waals surface area contributed by atoms with E-state index in [2.05, 4.69) is 0 Å². The fraction of sp³-hybridized carbons (Fsp3) is 0.421. The van der Waals surface area contributed by atoms with Crippen LogP contribution in [0.1, 0.15) is 24.2 Å². The Hall–Kier alpha value is -1.91. The van der Waals surface area contributed by atoms with E-state index >= 15 is 0 Å². The van der Waals surface area contributed by atoms with Crippen molar-refractivity contribution in [1.82, 2.24) is 4.90 Å². The summed E-state index contributed by atoms with van der Waals surface area (Å²) >= 11 is 0. The lowest BCUT2D eigenvalue weighted by atomic mass is 10.0. The molecule has 23 heavy (non-hydrogen) atoms. The highest BCUT2D eigenvalue weighted by molar-refractivity contribution is 6.07. The summed E-state index contributed by atoms with van der Waals surface area (Å²) in [5.41, 5.74) is 0.341. The highest BCUT2D eigenvalue weighted by Crippen LogP contribution is 2.32. The maximum Gasteiger partial charge on any atom is 0.254 e. The van der Waals surface area contributed by atoms with E-state index in [1.165, 1.54) is 0 Å². The van der Waals surface area contributed by atoms with Gasteiger partial charge in [0.15, 0.2) is 0 Å². The van der Waals surface area contributed by atoms with Gasteiger partial charge in [0.1, 0.15) is 11.2 Å². The highest BCUT2D eigenvalue weighted by atomic mass is 16.6. The van der Waals surface area contributed by atoms with E-state index in [1.807, 2.05) is 61.2 Å². The first kappa shape index (κ1) is 14.7. The van der Waals surface area contributed by atoms with Crippen LogP contribution in [-0.2, 0) is 9.47 Å². The van der Waals surface area contributed by atoms with Gasteiger partial charge in [0.25, 0.3) is 5.91 Å². The molecule has 4 rings (SSSR count). The van der Waals surface area contributed by atoms with Crippen molar-refractivity contribution < 1.29 is 14.3 Å². The lowest BCUT2D eigenvalue weighted by Crippen LogP contribution is -2.43. The summed E-state index contributed by atoms with van der Waals surface area (Å²) in [7, 11) is 0. The second-order valence-electron chi connectivity index (χ2n) is 7.17. The minimum absolute atomic E-state index is 0.0512. The number of fused-ring (bicyclic) bond motifs is 1. The third-order valence-electron chi connectivity index (χ3n) is 4.63. The van der Waals surface area contributed by atoms with Crippen LogP contribution in [0.4, 0.5) is 0 Å². The van der Waals surface area contributed by atoms with Gasteiger partial charge in [0.05, 0.1) is 26.3 Å². The molecule has 0 aromatic heterocycles. The Balaban J connectivity index is 1.67. The Labute approximate surface area is 136 Å². The van der Waals surface area contributed by atoms with Crippen molar-refractivity contribution in [2.45, 2.75) is 25.0 Å². The monoisotopic (exact) mass is 311 g/mol. The van der Waals surface area contributed by atoms with Gasteiger partial charge in [-0.1, -0.05) is 36.4 Å². The zero-order valence-corrected chi connectivity index (χ0v) is 13.5. The van der Waals surface area contributed by atoms with Crippen LogP contribution in [0, 0.1) is 0 Å². The van der Waals surface area contributed by atoms with E-state index < -0.39 is 0 Å². The summed E-state index contributed by atoms with van der Waals surface area (Å²) in [5, 5.41) is 2.08. The van der Waals surface area contributed by atoms with Crippen molar-refractivity contribution in [3.63, 3.8) is 0 Å². The molecule has 4 nitrogen and oxygen atoms in total. The molecule has 0 radical (unpaired) electrons. The fourth-order valence-corrected chi connectivity index (χ4v) is 3.02. The number of rotatable bonds is 5. The van der Waals surface area contributed by atoms with Crippen molar-refractivity contribution in [3.8, 4) is 0 Å². The largest absolute Gasteiger partial charge is 0.368 e. The van der Waals surface area contributed by atoms with Crippen molar-refractivity contribution in [2.24, 2.45) is 0 Å². The van der Waals surface area contributed by atoms with E-state index in [1.54, 1.807) is 0 Å². The smallest absolute Gasteiger partial charge is 0.254 e. The molecule has 4 heteroatoms. The number of nitrogens with zero attached hydrogens (tertiary/aromatic N) is 1. The molecular weight excluding hydrogens is 290 g/mol. The Morgan fingerprint density at radius 1 is 1.00 bits per heavy atom. The first-order valence-electron chi connectivity index (χ1n) is 8.03. The lowest BCUT2D eigenvalue weighted by molar-refractivity contribution is 0.0666. The summed E-state index contributed by atoms with van der Waals surface area (Å²) in [4.78, 5) is 15.1. The molecule has 2 atom stereocenters. The summed E-state index contributed by atoms with van der Waals surface area (Å²) in [6.07, 6.45) is 0. The predicted octanol–water partition coefficient (Wildman–Crippen LogP) is 2.86. The van der Waals surface area contributed by atoms with Gasteiger partial charge in [-0.2, -0.15) is 0 Å². The minimum Gasteiger partial charge on any atom is -0.368 e. The second kappa shape index (κ2) is 5.05. The van der Waals surface area contributed by atoms with Crippen LogP contribution in [0.2, 0.25) is 0 Å². The van der Waals surface area contributed by atoms with E-state index in [0.717, 1.165) is 16.3 Å². The van der Waals surface area contributed by atoms with Gasteiger partial charge in [0, 0.05) is 5.56 Å². The Morgan fingerprint density at radius 3 is 2.17 bits per heavy atom. The zero-order chi connectivity index (χ0) is 16.1. The number of hydrogen-bond acceptors (Lipinski definition) is 3. The molecule has 0 N–H and O–H groups in total. The van der Waals surface area contributed by atoms with Gasteiger partial charge in [-0.25, -0.2) is 0 Å². The molecule has 2 unspecified atom stereocenters. The van der Waals surface area contributed by atoms with Crippen molar-refractivity contribution in [1.29, 1.82) is 0 Å². The standard InChI is InChI=1S/C19H21NO3/c1-18(12-22-18)10-20(11-19(2)13-23-19)17(21)16-9-5-7-14-6-3-4-8-15(14)16/h3-9H,10-13H2,1-2H3. The Bertz CT molecular complexity index is 737.